The normalized spacial score (nSPS) is 19.4. The van der Waals surface area contributed by atoms with E-state index < -0.39 is 0 Å². The number of aromatic nitrogens is 2. The first kappa shape index (κ1) is 21.6. The number of hydrogen-bond acceptors (Lipinski definition) is 2. The number of benzene rings is 1. The minimum Gasteiger partial charge on any atom is -0.497 e. The van der Waals surface area contributed by atoms with Gasteiger partial charge in [-0.05, 0) is 79.4 Å². The zero-order valence-electron chi connectivity index (χ0n) is 20.0. The minimum atomic E-state index is -0.0544. The summed E-state index contributed by atoms with van der Waals surface area (Å²) in [5.41, 5.74) is 3.71. The summed E-state index contributed by atoms with van der Waals surface area (Å²) in [4.78, 5) is 15.4. The quantitative estimate of drug-likeness (QED) is 0.621. The zero-order chi connectivity index (χ0) is 23.2. The molecule has 0 saturated carbocycles. The second kappa shape index (κ2) is 8.29. The number of aryl methyl sites for hydroxylation is 2. The SMILES string of the molecule is COc1ccc(-n2cccc2C2(C)CCN(C(=O)C3C=c4c(ccn4C)=CC3)CC2)c(C)c1. The number of fused-ring (bicyclic) bond motifs is 1. The first-order valence-corrected chi connectivity index (χ1v) is 11.8. The number of amides is 1. The van der Waals surface area contributed by atoms with Gasteiger partial charge in [0.1, 0.15) is 5.75 Å². The summed E-state index contributed by atoms with van der Waals surface area (Å²) < 4.78 is 9.80. The van der Waals surface area contributed by atoms with Gasteiger partial charge in [-0.2, -0.15) is 0 Å². The van der Waals surface area contributed by atoms with Crippen LogP contribution in [0.5, 0.6) is 5.75 Å². The molecule has 172 valence electrons. The smallest absolute Gasteiger partial charge is 0.229 e. The highest BCUT2D eigenvalue weighted by Crippen LogP contribution is 2.37. The van der Waals surface area contributed by atoms with Gasteiger partial charge in [0.05, 0.1) is 13.0 Å². The van der Waals surface area contributed by atoms with E-state index in [4.69, 9.17) is 4.74 Å². The van der Waals surface area contributed by atoms with Crippen LogP contribution in [-0.2, 0) is 17.3 Å². The van der Waals surface area contributed by atoms with Crippen molar-refractivity contribution < 1.29 is 9.53 Å². The summed E-state index contributed by atoms with van der Waals surface area (Å²) >= 11 is 0. The molecule has 1 aromatic carbocycles. The van der Waals surface area contributed by atoms with Gasteiger partial charge in [-0.1, -0.05) is 13.0 Å². The molecule has 2 aromatic heterocycles. The van der Waals surface area contributed by atoms with E-state index in [0.29, 0.717) is 0 Å². The van der Waals surface area contributed by atoms with Crippen LogP contribution in [0.3, 0.4) is 0 Å². The van der Waals surface area contributed by atoms with Gasteiger partial charge in [-0.25, -0.2) is 0 Å². The predicted octanol–water partition coefficient (Wildman–Crippen LogP) is 3.29. The average Bonchev–Trinajstić information content (AvgIpc) is 3.46. The molecule has 0 N–H and O–H groups in total. The molecule has 5 rings (SSSR count). The molecule has 1 aliphatic heterocycles. The molecule has 5 heteroatoms. The maximum Gasteiger partial charge on any atom is 0.229 e. The highest BCUT2D eigenvalue weighted by Gasteiger charge is 2.37. The Hall–Kier alpha value is -3.21. The molecular formula is C28H33N3O2. The molecular weight excluding hydrogens is 410 g/mol. The fourth-order valence-electron chi connectivity index (χ4n) is 5.45. The molecule has 0 spiro atoms. The molecule has 5 nitrogen and oxygen atoms in total. The van der Waals surface area contributed by atoms with Gasteiger partial charge in [0.2, 0.25) is 5.91 Å². The fraction of sp³-hybridized carbons (Fsp3) is 0.393. The van der Waals surface area contributed by atoms with E-state index in [0.717, 1.165) is 43.5 Å². The molecule has 0 radical (unpaired) electrons. The Balaban J connectivity index is 1.33. The molecule has 3 aromatic rings. The van der Waals surface area contributed by atoms with E-state index in [1.54, 1.807) is 7.11 Å². The van der Waals surface area contributed by atoms with E-state index in [-0.39, 0.29) is 17.2 Å². The molecule has 1 unspecified atom stereocenters. The van der Waals surface area contributed by atoms with Crippen molar-refractivity contribution in [2.24, 2.45) is 13.0 Å². The summed E-state index contributed by atoms with van der Waals surface area (Å²) in [6.45, 7) is 6.07. The predicted molar refractivity (Wildman–Crippen MR) is 132 cm³/mol. The van der Waals surface area contributed by atoms with E-state index in [9.17, 15) is 4.79 Å². The number of carbonyl (C=O) groups excluding carboxylic acids is 1. The van der Waals surface area contributed by atoms with Gasteiger partial charge in [-0.15, -0.1) is 0 Å². The van der Waals surface area contributed by atoms with E-state index >= 15 is 0 Å². The fourth-order valence-corrected chi connectivity index (χ4v) is 5.45. The lowest BCUT2D eigenvalue weighted by Gasteiger charge is -2.41. The molecule has 1 amide bonds. The van der Waals surface area contributed by atoms with Crippen LogP contribution >= 0.6 is 0 Å². The van der Waals surface area contributed by atoms with Crippen molar-refractivity contribution >= 4 is 18.1 Å². The van der Waals surface area contributed by atoms with Gasteiger partial charge in [-0.3, -0.25) is 4.79 Å². The van der Waals surface area contributed by atoms with Crippen LogP contribution in [0.25, 0.3) is 17.8 Å². The first-order valence-electron chi connectivity index (χ1n) is 11.8. The van der Waals surface area contributed by atoms with Crippen molar-refractivity contribution in [1.82, 2.24) is 14.0 Å². The van der Waals surface area contributed by atoms with E-state index in [2.05, 4.69) is 82.8 Å². The number of rotatable bonds is 4. The van der Waals surface area contributed by atoms with E-state index in [1.807, 2.05) is 13.1 Å². The topological polar surface area (TPSA) is 39.4 Å². The molecule has 1 fully saturated rings. The van der Waals surface area contributed by atoms with Gasteiger partial charge in [0, 0.05) is 54.7 Å². The third kappa shape index (κ3) is 3.79. The molecule has 33 heavy (non-hydrogen) atoms. The van der Waals surface area contributed by atoms with Crippen molar-refractivity contribution in [2.45, 2.75) is 38.5 Å². The number of nitrogens with zero attached hydrogens (tertiary/aromatic N) is 3. The number of hydrogen-bond donors (Lipinski definition) is 0. The third-order valence-electron chi connectivity index (χ3n) is 7.63. The molecule has 3 heterocycles. The van der Waals surface area contributed by atoms with Gasteiger partial charge >= 0.3 is 0 Å². The highest BCUT2D eigenvalue weighted by molar-refractivity contribution is 5.85. The summed E-state index contributed by atoms with van der Waals surface area (Å²) in [5, 5.41) is 2.40. The summed E-state index contributed by atoms with van der Waals surface area (Å²) in [6, 6.07) is 12.7. The Morgan fingerprint density at radius 1 is 1.12 bits per heavy atom. The van der Waals surface area contributed by atoms with E-state index in [1.165, 1.54) is 22.2 Å². The Bertz CT molecular complexity index is 1310. The first-order chi connectivity index (χ1) is 15.9. The number of carbonyl (C=O) groups is 1. The van der Waals surface area contributed by atoms with Crippen molar-refractivity contribution in [1.29, 1.82) is 0 Å². The number of ether oxygens (including phenoxy) is 1. The Morgan fingerprint density at radius 2 is 1.91 bits per heavy atom. The Kier molecular flexibility index (Phi) is 5.43. The molecule has 1 saturated heterocycles. The maximum atomic E-state index is 13.3. The third-order valence-corrected chi connectivity index (χ3v) is 7.63. The summed E-state index contributed by atoms with van der Waals surface area (Å²) in [7, 11) is 3.75. The maximum absolute atomic E-state index is 13.3. The van der Waals surface area contributed by atoms with Crippen LogP contribution < -0.4 is 15.3 Å². The molecule has 0 bridgehead atoms. The highest BCUT2D eigenvalue weighted by atomic mass is 16.5. The van der Waals surface area contributed by atoms with Crippen molar-refractivity contribution in [3.8, 4) is 11.4 Å². The number of piperidine rings is 1. The lowest BCUT2D eigenvalue weighted by Crippen LogP contribution is -2.47. The number of methoxy groups -OCH3 is 1. The Labute approximate surface area is 195 Å². The summed E-state index contributed by atoms with van der Waals surface area (Å²) in [5.74, 6) is 1.09. The van der Waals surface area contributed by atoms with Crippen LogP contribution in [0.2, 0.25) is 0 Å². The monoisotopic (exact) mass is 443 g/mol. The van der Waals surface area contributed by atoms with Crippen molar-refractivity contribution in [2.75, 3.05) is 20.2 Å². The largest absolute Gasteiger partial charge is 0.497 e. The molecule has 1 atom stereocenters. The van der Waals surface area contributed by atoms with Crippen LogP contribution in [-0.4, -0.2) is 40.1 Å². The molecule has 2 aliphatic rings. The van der Waals surface area contributed by atoms with Gasteiger partial charge in [0.15, 0.2) is 0 Å². The second-order valence-corrected chi connectivity index (χ2v) is 9.78. The van der Waals surface area contributed by atoms with Crippen molar-refractivity contribution in [3.05, 3.63) is 70.6 Å². The average molecular weight is 444 g/mol. The van der Waals surface area contributed by atoms with Crippen molar-refractivity contribution in [3.63, 3.8) is 0 Å². The van der Waals surface area contributed by atoms with Gasteiger partial charge < -0.3 is 18.8 Å². The Morgan fingerprint density at radius 3 is 2.64 bits per heavy atom. The van der Waals surface area contributed by atoms with Gasteiger partial charge in [0.25, 0.3) is 0 Å². The van der Waals surface area contributed by atoms with Crippen LogP contribution in [0, 0.1) is 12.8 Å². The number of likely N-dealkylation sites (tertiary alicyclic amines) is 1. The summed E-state index contributed by atoms with van der Waals surface area (Å²) in [6.07, 6.45) is 11.3. The zero-order valence-corrected chi connectivity index (χ0v) is 20.0. The lowest BCUT2D eigenvalue weighted by atomic mass is 9.77. The van der Waals surface area contributed by atoms with Crippen LogP contribution in [0.1, 0.15) is 37.4 Å². The lowest BCUT2D eigenvalue weighted by molar-refractivity contribution is -0.135. The standard InChI is InChI=1S/C28H33N3O2/c1-20-18-23(33-4)9-10-24(20)31-14-5-6-26(31)28(2)12-16-30(17-13-28)27(32)22-8-7-21-11-15-29(3)25(21)19-22/h5-7,9-11,14-15,18-19,22H,8,12-13,16-17H2,1-4H3. The second-order valence-electron chi connectivity index (χ2n) is 9.78. The van der Waals surface area contributed by atoms with Crippen LogP contribution in [0.4, 0.5) is 0 Å². The molecule has 1 aliphatic carbocycles. The van der Waals surface area contributed by atoms with Crippen LogP contribution in [0.15, 0.2) is 48.8 Å². The minimum absolute atomic E-state index is 0.0281.